The van der Waals surface area contributed by atoms with Gasteiger partial charge >= 0.3 is 0 Å². The van der Waals surface area contributed by atoms with Crippen LogP contribution in [0.2, 0.25) is 0 Å². The number of nitrogens with zero attached hydrogens (tertiary/aromatic N) is 4. The molecule has 1 fully saturated rings. The number of H-pyrrole nitrogens is 1. The van der Waals surface area contributed by atoms with Crippen LogP contribution in [0.3, 0.4) is 0 Å². The van der Waals surface area contributed by atoms with Gasteiger partial charge in [0.05, 0.1) is 33.4 Å². The SMILES string of the molecule is CCN1CCCCN(C(=O)c2ccc[nH]2)CC(=O)NCC2CCCN(C2)c2nc3cc(OC)c(OC)c(OC)c3cc2C1. The van der Waals surface area contributed by atoms with E-state index in [1.54, 1.807) is 44.6 Å². The van der Waals surface area contributed by atoms with Gasteiger partial charge in [0.2, 0.25) is 11.7 Å². The van der Waals surface area contributed by atoms with Crippen molar-refractivity contribution in [1.29, 1.82) is 0 Å². The molecule has 1 aromatic carbocycles. The number of hydrogen-bond acceptors (Lipinski definition) is 8. The van der Waals surface area contributed by atoms with E-state index < -0.39 is 0 Å². The van der Waals surface area contributed by atoms with Crippen LogP contribution in [0.4, 0.5) is 5.82 Å². The highest BCUT2D eigenvalue weighted by molar-refractivity contribution is 5.95. The number of aromatic amines is 1. The molecule has 1 atom stereocenters. The Labute approximate surface area is 253 Å². The van der Waals surface area contributed by atoms with Gasteiger partial charge < -0.3 is 34.3 Å². The fourth-order valence-electron chi connectivity index (χ4n) is 6.24. The van der Waals surface area contributed by atoms with Gasteiger partial charge in [0.25, 0.3) is 5.91 Å². The highest BCUT2D eigenvalue weighted by Gasteiger charge is 2.27. The molecular weight excluding hydrogens is 548 g/mol. The van der Waals surface area contributed by atoms with Crippen LogP contribution in [0.5, 0.6) is 17.2 Å². The van der Waals surface area contributed by atoms with Crippen LogP contribution in [0, 0.1) is 5.92 Å². The number of pyridine rings is 1. The largest absolute Gasteiger partial charge is 0.493 e. The molecule has 5 rings (SSSR count). The molecule has 43 heavy (non-hydrogen) atoms. The van der Waals surface area contributed by atoms with Crippen molar-refractivity contribution in [3.63, 3.8) is 0 Å². The lowest BCUT2D eigenvalue weighted by atomic mass is 9.97. The van der Waals surface area contributed by atoms with Crippen molar-refractivity contribution in [3.8, 4) is 17.2 Å². The predicted octanol–water partition coefficient (Wildman–Crippen LogP) is 3.68. The molecule has 2 amide bonds. The zero-order chi connectivity index (χ0) is 30.3. The quantitative estimate of drug-likeness (QED) is 0.462. The summed E-state index contributed by atoms with van der Waals surface area (Å²) in [6, 6.07) is 7.66. The first-order valence-corrected chi connectivity index (χ1v) is 15.2. The number of fused-ring (bicyclic) bond motifs is 5. The third-order valence-corrected chi connectivity index (χ3v) is 8.53. The van der Waals surface area contributed by atoms with E-state index >= 15 is 0 Å². The number of carbonyl (C=O) groups excluding carboxylic acids is 2. The van der Waals surface area contributed by atoms with Crippen molar-refractivity contribution >= 4 is 28.5 Å². The van der Waals surface area contributed by atoms with Gasteiger partial charge in [-0.1, -0.05) is 6.92 Å². The Hall–Kier alpha value is -3.99. The monoisotopic (exact) mass is 592 g/mol. The minimum absolute atomic E-state index is 0.0509. The summed E-state index contributed by atoms with van der Waals surface area (Å²) in [7, 11) is 4.87. The third kappa shape index (κ3) is 6.82. The van der Waals surface area contributed by atoms with E-state index in [1.165, 1.54) is 0 Å². The molecular formula is C32H44N6O5. The predicted molar refractivity (Wildman–Crippen MR) is 166 cm³/mol. The molecule has 2 aliphatic heterocycles. The lowest BCUT2D eigenvalue weighted by Gasteiger charge is -2.36. The molecule has 4 heterocycles. The van der Waals surface area contributed by atoms with Crippen LogP contribution in [-0.4, -0.2) is 98.7 Å². The Kier molecular flexibility index (Phi) is 9.91. The first-order chi connectivity index (χ1) is 20.9. The maximum Gasteiger partial charge on any atom is 0.270 e. The Morgan fingerprint density at radius 2 is 1.84 bits per heavy atom. The zero-order valence-corrected chi connectivity index (χ0v) is 25.8. The maximum atomic E-state index is 13.2. The van der Waals surface area contributed by atoms with Gasteiger partial charge in [0.15, 0.2) is 11.5 Å². The molecule has 0 radical (unpaired) electrons. The van der Waals surface area contributed by atoms with Gasteiger partial charge in [-0.2, -0.15) is 0 Å². The van der Waals surface area contributed by atoms with Crippen LogP contribution in [0.25, 0.3) is 10.9 Å². The minimum atomic E-state index is -0.148. The summed E-state index contributed by atoms with van der Waals surface area (Å²) >= 11 is 0. The second-order valence-corrected chi connectivity index (χ2v) is 11.3. The molecule has 2 N–H and O–H groups in total. The molecule has 2 aromatic heterocycles. The van der Waals surface area contributed by atoms with Crippen molar-refractivity contribution in [2.24, 2.45) is 5.92 Å². The van der Waals surface area contributed by atoms with Gasteiger partial charge in [-0.15, -0.1) is 0 Å². The maximum absolute atomic E-state index is 13.2. The van der Waals surface area contributed by atoms with Gasteiger partial charge in [-0.05, 0) is 62.9 Å². The molecule has 1 unspecified atom stereocenters. The molecule has 11 nitrogen and oxygen atoms in total. The summed E-state index contributed by atoms with van der Waals surface area (Å²) in [6.07, 6.45) is 5.43. The second kappa shape index (κ2) is 14.0. The molecule has 0 saturated carbocycles. The second-order valence-electron chi connectivity index (χ2n) is 11.3. The molecule has 2 bridgehead atoms. The number of hydrogen-bond donors (Lipinski definition) is 2. The number of amides is 2. The van der Waals surface area contributed by atoms with E-state index in [0.29, 0.717) is 36.0 Å². The summed E-state index contributed by atoms with van der Waals surface area (Å²) in [5, 5.41) is 4.00. The molecule has 0 aliphatic carbocycles. The number of rotatable bonds is 5. The first-order valence-electron chi connectivity index (χ1n) is 15.2. The van der Waals surface area contributed by atoms with Crippen molar-refractivity contribution in [1.82, 2.24) is 25.1 Å². The summed E-state index contributed by atoms with van der Waals surface area (Å²) < 4.78 is 17.1. The highest BCUT2D eigenvalue weighted by atomic mass is 16.5. The summed E-state index contributed by atoms with van der Waals surface area (Å²) in [5.41, 5.74) is 2.41. The fraction of sp³-hybridized carbons (Fsp3) is 0.531. The van der Waals surface area contributed by atoms with Gasteiger partial charge in [-0.3, -0.25) is 14.5 Å². The van der Waals surface area contributed by atoms with Crippen LogP contribution in [-0.2, 0) is 11.3 Å². The smallest absolute Gasteiger partial charge is 0.270 e. The number of aromatic nitrogens is 2. The fourth-order valence-corrected chi connectivity index (χ4v) is 6.24. The van der Waals surface area contributed by atoms with E-state index in [4.69, 9.17) is 19.2 Å². The lowest BCUT2D eigenvalue weighted by Crippen LogP contribution is -2.45. The number of methoxy groups -OCH3 is 3. The molecule has 11 heteroatoms. The molecule has 3 aromatic rings. The Balaban J connectivity index is 1.49. The highest BCUT2D eigenvalue weighted by Crippen LogP contribution is 2.44. The van der Waals surface area contributed by atoms with Gasteiger partial charge in [-0.25, -0.2) is 4.98 Å². The van der Waals surface area contributed by atoms with E-state index in [-0.39, 0.29) is 24.3 Å². The standard InChI is InChI=1S/C32H44N6O5/c1-5-36-13-6-7-14-38(32(40)25-11-8-12-33-25)21-28(39)34-18-22-10-9-15-37(19-22)31-23(20-36)16-24-26(35-31)17-27(41-2)30(43-4)29(24)42-3/h8,11-12,16-17,22,33H,5-7,9-10,13-15,18-21H2,1-4H3,(H,34,39). The van der Waals surface area contributed by atoms with Gasteiger partial charge in [0.1, 0.15) is 11.5 Å². The van der Waals surface area contributed by atoms with Gasteiger partial charge in [0, 0.05) is 55.9 Å². The van der Waals surface area contributed by atoms with Crippen molar-refractivity contribution in [2.45, 2.75) is 39.2 Å². The Morgan fingerprint density at radius 1 is 1.02 bits per heavy atom. The van der Waals surface area contributed by atoms with E-state index in [2.05, 4.69) is 33.1 Å². The van der Waals surface area contributed by atoms with Crippen LogP contribution < -0.4 is 24.4 Å². The Morgan fingerprint density at radius 3 is 2.56 bits per heavy atom. The zero-order valence-electron chi connectivity index (χ0n) is 25.8. The van der Waals surface area contributed by atoms with Crippen LogP contribution >= 0.6 is 0 Å². The van der Waals surface area contributed by atoms with Crippen molar-refractivity contribution in [2.75, 3.05) is 72.0 Å². The number of piperidine rings is 1. The third-order valence-electron chi connectivity index (χ3n) is 8.53. The number of nitrogens with one attached hydrogen (secondary N) is 2. The lowest BCUT2D eigenvalue weighted by molar-refractivity contribution is -0.122. The summed E-state index contributed by atoms with van der Waals surface area (Å²) in [5.74, 6) is 2.69. The Bertz CT molecular complexity index is 1410. The minimum Gasteiger partial charge on any atom is -0.493 e. The average Bonchev–Trinajstić information content (AvgIpc) is 3.58. The number of carbonyl (C=O) groups is 2. The van der Waals surface area contributed by atoms with E-state index in [9.17, 15) is 9.59 Å². The number of anilines is 1. The molecule has 1 saturated heterocycles. The van der Waals surface area contributed by atoms with E-state index in [1.807, 2.05) is 6.07 Å². The summed E-state index contributed by atoms with van der Waals surface area (Å²) in [4.78, 5) is 40.9. The normalized spacial score (nSPS) is 19.1. The first kappa shape index (κ1) is 30.5. The average molecular weight is 593 g/mol. The van der Waals surface area contributed by atoms with Crippen molar-refractivity contribution < 1.29 is 23.8 Å². The van der Waals surface area contributed by atoms with Crippen LogP contribution in [0.15, 0.2) is 30.5 Å². The van der Waals surface area contributed by atoms with Crippen molar-refractivity contribution in [3.05, 3.63) is 41.7 Å². The molecule has 2 aliphatic rings. The summed E-state index contributed by atoms with van der Waals surface area (Å²) in [6.45, 7) is 7.43. The molecule has 232 valence electrons. The van der Waals surface area contributed by atoms with Crippen LogP contribution in [0.1, 0.15) is 48.7 Å². The number of ether oxygens (including phenoxy) is 3. The topological polar surface area (TPSA) is 112 Å². The van der Waals surface area contributed by atoms with E-state index in [0.717, 1.165) is 80.7 Å². The number of benzene rings is 1. The molecule has 0 spiro atoms.